The highest BCUT2D eigenvalue weighted by molar-refractivity contribution is 5.92. The molecule has 3 aromatic rings. The first kappa shape index (κ1) is 19.0. The lowest BCUT2D eigenvalue weighted by atomic mass is 10.2. The van der Waals surface area contributed by atoms with Crippen LogP contribution in [0.3, 0.4) is 0 Å². The third kappa shape index (κ3) is 4.30. The van der Waals surface area contributed by atoms with Gasteiger partial charge in [-0.15, -0.1) is 6.42 Å². The summed E-state index contributed by atoms with van der Waals surface area (Å²) in [6, 6.07) is 13.4. The molecule has 3 rings (SSSR count). The third-order valence-electron chi connectivity index (χ3n) is 3.95. The van der Waals surface area contributed by atoms with Crippen LogP contribution in [0.1, 0.15) is 16.1 Å². The standard InChI is InChI=1S/C21H15F2N3O2/c1-2-13-25(14-15-3-5-16(22)6-4-15)21(28)19-11-12-20(27)26(24-19)18-9-7-17(23)8-10-18/h1,3-12H,13-14H2. The molecule has 0 atom stereocenters. The van der Waals surface area contributed by atoms with Crippen molar-refractivity contribution in [2.45, 2.75) is 6.54 Å². The number of hydrogen-bond donors (Lipinski definition) is 0. The van der Waals surface area contributed by atoms with Gasteiger partial charge >= 0.3 is 0 Å². The van der Waals surface area contributed by atoms with Gasteiger partial charge in [-0.1, -0.05) is 18.1 Å². The molecule has 0 aliphatic rings. The Kier molecular flexibility index (Phi) is 5.61. The fraction of sp³-hybridized carbons (Fsp3) is 0.0952. The summed E-state index contributed by atoms with van der Waals surface area (Å²) in [5.41, 5.74) is 0.548. The number of halogens is 2. The summed E-state index contributed by atoms with van der Waals surface area (Å²) in [6.07, 6.45) is 5.37. The molecular weight excluding hydrogens is 364 g/mol. The number of hydrogen-bond acceptors (Lipinski definition) is 3. The lowest BCUT2D eigenvalue weighted by Gasteiger charge is -2.20. The van der Waals surface area contributed by atoms with Gasteiger partial charge in [0.05, 0.1) is 12.2 Å². The van der Waals surface area contributed by atoms with Crippen LogP contribution >= 0.6 is 0 Å². The zero-order valence-electron chi connectivity index (χ0n) is 14.7. The quantitative estimate of drug-likeness (QED) is 0.641. The molecule has 0 fully saturated rings. The summed E-state index contributed by atoms with van der Waals surface area (Å²) in [6.45, 7) is 0.161. The molecule has 0 aliphatic heterocycles. The molecule has 2 aromatic carbocycles. The predicted molar refractivity (Wildman–Crippen MR) is 99.8 cm³/mol. The fourth-order valence-electron chi connectivity index (χ4n) is 2.57. The Balaban J connectivity index is 1.91. The number of carbonyl (C=O) groups is 1. The van der Waals surface area contributed by atoms with Crippen molar-refractivity contribution in [3.05, 3.63) is 93.9 Å². The van der Waals surface area contributed by atoms with Crippen molar-refractivity contribution in [3.63, 3.8) is 0 Å². The van der Waals surface area contributed by atoms with E-state index in [1.807, 2.05) is 0 Å². The van der Waals surface area contributed by atoms with Gasteiger partial charge in [0, 0.05) is 12.6 Å². The molecule has 0 aliphatic carbocycles. The first-order chi connectivity index (χ1) is 13.5. The van der Waals surface area contributed by atoms with Gasteiger partial charge in [-0.25, -0.2) is 8.78 Å². The number of carbonyl (C=O) groups excluding carboxylic acids is 1. The molecule has 0 spiro atoms. The van der Waals surface area contributed by atoms with Gasteiger partial charge in [0.2, 0.25) is 0 Å². The van der Waals surface area contributed by atoms with Gasteiger partial charge in [0.15, 0.2) is 0 Å². The number of rotatable bonds is 5. The molecule has 1 heterocycles. The SMILES string of the molecule is C#CCN(Cc1ccc(F)cc1)C(=O)c1ccc(=O)n(-c2ccc(F)cc2)n1. The predicted octanol–water partition coefficient (Wildman–Crippen LogP) is 2.79. The van der Waals surface area contributed by atoms with Crippen molar-refractivity contribution in [1.82, 2.24) is 14.7 Å². The van der Waals surface area contributed by atoms with Gasteiger partial charge in [0.25, 0.3) is 11.5 Å². The molecule has 0 unspecified atom stereocenters. The second-order valence-corrected chi connectivity index (χ2v) is 5.94. The van der Waals surface area contributed by atoms with Crippen LogP contribution in [0.2, 0.25) is 0 Å². The topological polar surface area (TPSA) is 55.2 Å². The highest BCUT2D eigenvalue weighted by atomic mass is 19.1. The molecule has 0 saturated carbocycles. The van der Waals surface area contributed by atoms with Crippen molar-refractivity contribution in [2.75, 3.05) is 6.54 Å². The van der Waals surface area contributed by atoms with Gasteiger partial charge in [-0.2, -0.15) is 9.78 Å². The largest absolute Gasteiger partial charge is 0.322 e. The molecule has 0 radical (unpaired) electrons. The summed E-state index contributed by atoms with van der Waals surface area (Å²) in [4.78, 5) is 26.3. The van der Waals surface area contributed by atoms with Crippen LogP contribution in [-0.4, -0.2) is 27.1 Å². The minimum absolute atomic E-state index is 0.00119. The Labute approximate surface area is 159 Å². The highest BCUT2D eigenvalue weighted by Gasteiger charge is 2.18. The average molecular weight is 379 g/mol. The summed E-state index contributed by atoms with van der Waals surface area (Å²) in [5, 5.41) is 4.09. The van der Waals surface area contributed by atoms with E-state index in [0.717, 1.165) is 4.68 Å². The zero-order chi connectivity index (χ0) is 20.1. The maximum atomic E-state index is 13.1. The van der Waals surface area contributed by atoms with E-state index in [-0.39, 0.29) is 24.6 Å². The van der Waals surface area contributed by atoms with Crippen molar-refractivity contribution < 1.29 is 13.6 Å². The number of benzene rings is 2. The van der Waals surface area contributed by atoms with Crippen molar-refractivity contribution >= 4 is 5.91 Å². The second kappa shape index (κ2) is 8.27. The normalized spacial score (nSPS) is 10.3. The van der Waals surface area contributed by atoms with Crippen molar-refractivity contribution in [2.24, 2.45) is 0 Å². The number of terminal acetylenes is 1. The Hall–Kier alpha value is -3.79. The smallest absolute Gasteiger partial charge is 0.275 e. The molecule has 1 aromatic heterocycles. The molecule has 0 saturated heterocycles. The van der Waals surface area contributed by atoms with Crippen molar-refractivity contribution in [1.29, 1.82) is 0 Å². The summed E-state index contributed by atoms with van der Waals surface area (Å²) < 4.78 is 27.2. The average Bonchev–Trinajstić information content (AvgIpc) is 2.70. The van der Waals surface area contributed by atoms with Crippen molar-refractivity contribution in [3.8, 4) is 18.0 Å². The van der Waals surface area contributed by atoms with E-state index >= 15 is 0 Å². The Morgan fingerprint density at radius 3 is 2.21 bits per heavy atom. The Morgan fingerprint density at radius 2 is 1.61 bits per heavy atom. The summed E-state index contributed by atoms with van der Waals surface area (Å²) in [5.74, 6) is 1.08. The molecular formula is C21H15F2N3O2. The van der Waals surface area contributed by atoms with E-state index in [1.165, 1.54) is 53.4 Å². The number of aromatic nitrogens is 2. The molecule has 7 heteroatoms. The van der Waals surface area contributed by atoms with Crippen LogP contribution in [0.4, 0.5) is 8.78 Å². The van der Waals surface area contributed by atoms with Crippen LogP contribution in [0, 0.1) is 24.0 Å². The monoisotopic (exact) mass is 379 g/mol. The highest BCUT2D eigenvalue weighted by Crippen LogP contribution is 2.11. The maximum Gasteiger partial charge on any atom is 0.275 e. The van der Waals surface area contributed by atoms with E-state index in [2.05, 4.69) is 11.0 Å². The molecule has 0 bridgehead atoms. The fourth-order valence-corrected chi connectivity index (χ4v) is 2.57. The molecule has 28 heavy (non-hydrogen) atoms. The van der Waals surface area contributed by atoms with Crippen LogP contribution in [0.15, 0.2) is 65.5 Å². The molecule has 1 amide bonds. The van der Waals surface area contributed by atoms with Crippen LogP contribution in [0.25, 0.3) is 5.69 Å². The minimum atomic E-state index is -0.488. The van der Waals surface area contributed by atoms with E-state index in [0.29, 0.717) is 11.3 Å². The first-order valence-corrected chi connectivity index (χ1v) is 8.31. The number of amides is 1. The van der Waals surface area contributed by atoms with Crippen LogP contribution < -0.4 is 5.56 Å². The van der Waals surface area contributed by atoms with Crippen LogP contribution in [0.5, 0.6) is 0 Å². The second-order valence-electron chi connectivity index (χ2n) is 5.94. The van der Waals surface area contributed by atoms with Gasteiger partial charge < -0.3 is 4.90 Å². The maximum absolute atomic E-state index is 13.1. The van der Waals surface area contributed by atoms with E-state index in [1.54, 1.807) is 12.1 Å². The Morgan fingerprint density at radius 1 is 1.00 bits per heavy atom. The summed E-state index contributed by atoms with van der Waals surface area (Å²) in [7, 11) is 0. The van der Waals surface area contributed by atoms with E-state index in [4.69, 9.17) is 6.42 Å². The van der Waals surface area contributed by atoms with Gasteiger partial charge in [-0.05, 0) is 48.0 Å². The summed E-state index contributed by atoms with van der Waals surface area (Å²) >= 11 is 0. The minimum Gasteiger partial charge on any atom is -0.322 e. The third-order valence-corrected chi connectivity index (χ3v) is 3.95. The van der Waals surface area contributed by atoms with E-state index in [9.17, 15) is 18.4 Å². The van der Waals surface area contributed by atoms with E-state index < -0.39 is 17.3 Å². The van der Waals surface area contributed by atoms with Gasteiger partial charge in [-0.3, -0.25) is 9.59 Å². The first-order valence-electron chi connectivity index (χ1n) is 8.31. The molecule has 140 valence electrons. The van der Waals surface area contributed by atoms with Crippen LogP contribution in [-0.2, 0) is 6.54 Å². The zero-order valence-corrected chi connectivity index (χ0v) is 14.7. The lowest BCUT2D eigenvalue weighted by Crippen LogP contribution is -2.33. The number of nitrogens with zero attached hydrogens (tertiary/aromatic N) is 3. The lowest BCUT2D eigenvalue weighted by molar-refractivity contribution is 0.0757. The molecule has 0 N–H and O–H groups in total. The Bertz CT molecular complexity index is 1080. The van der Waals surface area contributed by atoms with Gasteiger partial charge in [0.1, 0.15) is 17.3 Å². The molecule has 5 nitrogen and oxygen atoms in total.